The van der Waals surface area contributed by atoms with E-state index in [-0.39, 0.29) is 24.0 Å². The minimum atomic E-state index is -0.288. The first kappa shape index (κ1) is 13.6. The number of nitrogens with two attached hydrogens (primary N) is 1. The maximum atomic E-state index is 12.0. The summed E-state index contributed by atoms with van der Waals surface area (Å²) in [6, 6.07) is 3.21. The molecule has 94 valence electrons. The predicted octanol–water partition coefficient (Wildman–Crippen LogP) is 1.64. The Morgan fingerprint density at radius 1 is 1.65 bits per heavy atom. The van der Waals surface area contributed by atoms with E-state index in [0.717, 1.165) is 6.42 Å². The van der Waals surface area contributed by atoms with Gasteiger partial charge in [0.2, 0.25) is 0 Å². The lowest BCUT2D eigenvalue weighted by Gasteiger charge is -2.19. The molecule has 0 atom stereocenters. The Morgan fingerprint density at radius 3 is 2.82 bits per heavy atom. The van der Waals surface area contributed by atoms with Crippen LogP contribution in [0.2, 0.25) is 0 Å². The molecule has 1 aromatic heterocycles. The topological polar surface area (TPSA) is 92.1 Å². The number of carbonyl (C=O) groups is 1. The second-order valence-electron chi connectivity index (χ2n) is 3.42. The van der Waals surface area contributed by atoms with Crippen LogP contribution < -0.4 is 5.73 Å². The van der Waals surface area contributed by atoms with Crippen LogP contribution in [0, 0.1) is 0 Å². The summed E-state index contributed by atoms with van der Waals surface area (Å²) in [5.74, 6) is -0.0855. The summed E-state index contributed by atoms with van der Waals surface area (Å²) in [7, 11) is 0. The Morgan fingerprint density at radius 2 is 2.35 bits per heavy atom. The van der Waals surface area contributed by atoms with Gasteiger partial charge in [0.15, 0.2) is 16.3 Å². The number of furan rings is 1. The van der Waals surface area contributed by atoms with Crippen molar-refractivity contribution in [2.24, 2.45) is 10.9 Å². The van der Waals surface area contributed by atoms with Crippen molar-refractivity contribution in [1.82, 2.24) is 4.90 Å². The fraction of sp³-hybridized carbons (Fsp3) is 0.400. The predicted molar refractivity (Wildman–Crippen MR) is 66.0 cm³/mol. The van der Waals surface area contributed by atoms with Gasteiger partial charge in [-0.05, 0) is 34.5 Å². The molecule has 0 aliphatic heterocycles. The third kappa shape index (κ3) is 3.77. The molecule has 0 radical (unpaired) electrons. The average molecular weight is 304 g/mol. The van der Waals surface area contributed by atoms with E-state index in [1.165, 1.54) is 4.90 Å². The Labute approximate surface area is 107 Å². The van der Waals surface area contributed by atoms with Gasteiger partial charge in [-0.25, -0.2) is 0 Å². The lowest BCUT2D eigenvalue weighted by atomic mass is 10.3. The van der Waals surface area contributed by atoms with Gasteiger partial charge in [0.1, 0.15) is 0 Å². The van der Waals surface area contributed by atoms with Gasteiger partial charge < -0.3 is 20.3 Å². The van der Waals surface area contributed by atoms with E-state index < -0.39 is 0 Å². The normalized spacial score (nSPS) is 11.5. The van der Waals surface area contributed by atoms with Crippen LogP contribution in [-0.4, -0.2) is 34.9 Å². The maximum Gasteiger partial charge on any atom is 0.290 e. The van der Waals surface area contributed by atoms with Crippen LogP contribution in [0.15, 0.2) is 26.4 Å². The largest absolute Gasteiger partial charge is 0.444 e. The molecular formula is C10H14BrN3O3. The smallest absolute Gasteiger partial charge is 0.290 e. The molecule has 6 nitrogen and oxygen atoms in total. The maximum absolute atomic E-state index is 12.0. The minimum Gasteiger partial charge on any atom is -0.444 e. The van der Waals surface area contributed by atoms with Crippen molar-refractivity contribution >= 4 is 27.7 Å². The summed E-state index contributed by atoms with van der Waals surface area (Å²) < 4.78 is 5.66. The molecule has 0 fully saturated rings. The van der Waals surface area contributed by atoms with E-state index in [9.17, 15) is 4.79 Å². The molecule has 0 unspecified atom stereocenters. The Hall–Kier alpha value is -1.50. The number of nitrogens with zero attached hydrogens (tertiary/aromatic N) is 2. The van der Waals surface area contributed by atoms with Gasteiger partial charge >= 0.3 is 0 Å². The standard InChI is InChI=1S/C10H14BrN3O3/c1-2-5-14(6-9(12)13-16)10(15)7-3-4-8(11)17-7/h3-4,16H,2,5-6H2,1H3,(H2,12,13). The van der Waals surface area contributed by atoms with Gasteiger partial charge in [0.05, 0.1) is 6.54 Å². The summed E-state index contributed by atoms with van der Waals surface area (Å²) in [5, 5.41) is 11.4. The summed E-state index contributed by atoms with van der Waals surface area (Å²) in [6.07, 6.45) is 0.770. The third-order valence-electron chi connectivity index (χ3n) is 2.05. The van der Waals surface area contributed by atoms with Crippen molar-refractivity contribution in [3.8, 4) is 0 Å². The van der Waals surface area contributed by atoms with Gasteiger partial charge in [-0.2, -0.15) is 0 Å². The van der Waals surface area contributed by atoms with E-state index in [4.69, 9.17) is 15.4 Å². The highest BCUT2D eigenvalue weighted by Crippen LogP contribution is 2.15. The Kier molecular flexibility index (Phi) is 5.02. The highest BCUT2D eigenvalue weighted by molar-refractivity contribution is 9.10. The molecule has 0 aliphatic rings. The van der Waals surface area contributed by atoms with E-state index >= 15 is 0 Å². The molecule has 0 aromatic carbocycles. The van der Waals surface area contributed by atoms with E-state index in [0.29, 0.717) is 11.2 Å². The van der Waals surface area contributed by atoms with Crippen molar-refractivity contribution < 1.29 is 14.4 Å². The van der Waals surface area contributed by atoms with E-state index in [2.05, 4.69) is 21.1 Å². The van der Waals surface area contributed by atoms with Crippen molar-refractivity contribution in [2.45, 2.75) is 13.3 Å². The van der Waals surface area contributed by atoms with Crippen LogP contribution in [0.3, 0.4) is 0 Å². The average Bonchev–Trinajstić information content (AvgIpc) is 2.74. The van der Waals surface area contributed by atoms with E-state index in [1.807, 2.05) is 6.92 Å². The number of amidine groups is 1. The number of halogens is 1. The lowest BCUT2D eigenvalue weighted by Crippen LogP contribution is -2.38. The summed E-state index contributed by atoms with van der Waals surface area (Å²) in [5.41, 5.74) is 5.39. The quantitative estimate of drug-likeness (QED) is 0.374. The second kappa shape index (κ2) is 6.29. The lowest BCUT2D eigenvalue weighted by molar-refractivity contribution is 0.0745. The first-order valence-corrected chi connectivity index (χ1v) is 5.88. The van der Waals surface area contributed by atoms with Crippen molar-refractivity contribution in [3.63, 3.8) is 0 Å². The molecule has 0 bridgehead atoms. The molecule has 1 aromatic rings. The zero-order valence-electron chi connectivity index (χ0n) is 9.39. The first-order valence-electron chi connectivity index (χ1n) is 5.09. The van der Waals surface area contributed by atoms with Gasteiger partial charge in [-0.3, -0.25) is 4.79 Å². The molecule has 1 rings (SSSR count). The van der Waals surface area contributed by atoms with Crippen LogP contribution in [0.4, 0.5) is 0 Å². The highest BCUT2D eigenvalue weighted by atomic mass is 79.9. The SMILES string of the molecule is CCCN(CC(N)=NO)C(=O)c1ccc(Br)o1. The Balaban J connectivity index is 2.80. The number of hydrogen-bond acceptors (Lipinski definition) is 4. The fourth-order valence-corrected chi connectivity index (χ4v) is 1.64. The molecular weight excluding hydrogens is 290 g/mol. The van der Waals surface area contributed by atoms with Crippen LogP contribution >= 0.6 is 15.9 Å². The molecule has 0 saturated heterocycles. The molecule has 17 heavy (non-hydrogen) atoms. The van der Waals surface area contributed by atoms with Gasteiger partial charge in [0, 0.05) is 6.54 Å². The fourth-order valence-electron chi connectivity index (χ4n) is 1.33. The van der Waals surface area contributed by atoms with Gasteiger partial charge in [0.25, 0.3) is 5.91 Å². The molecule has 7 heteroatoms. The minimum absolute atomic E-state index is 0.0163. The monoisotopic (exact) mass is 303 g/mol. The van der Waals surface area contributed by atoms with Crippen LogP contribution in [0.25, 0.3) is 0 Å². The molecule has 0 saturated carbocycles. The summed E-state index contributed by atoms with van der Waals surface area (Å²) in [6.45, 7) is 2.51. The van der Waals surface area contributed by atoms with Crippen molar-refractivity contribution in [3.05, 3.63) is 22.6 Å². The third-order valence-corrected chi connectivity index (χ3v) is 2.47. The van der Waals surface area contributed by atoms with Crippen LogP contribution in [0.5, 0.6) is 0 Å². The van der Waals surface area contributed by atoms with Gasteiger partial charge in [-0.1, -0.05) is 12.1 Å². The van der Waals surface area contributed by atoms with Crippen LogP contribution in [0.1, 0.15) is 23.9 Å². The first-order chi connectivity index (χ1) is 8.08. The summed E-state index contributed by atoms with van der Waals surface area (Å²) >= 11 is 3.13. The zero-order valence-corrected chi connectivity index (χ0v) is 11.0. The van der Waals surface area contributed by atoms with Crippen molar-refractivity contribution in [1.29, 1.82) is 0 Å². The second-order valence-corrected chi connectivity index (χ2v) is 4.20. The number of carbonyl (C=O) groups excluding carboxylic acids is 1. The molecule has 3 N–H and O–H groups in total. The van der Waals surface area contributed by atoms with E-state index in [1.54, 1.807) is 12.1 Å². The molecule has 1 heterocycles. The van der Waals surface area contributed by atoms with Gasteiger partial charge in [-0.15, -0.1) is 0 Å². The van der Waals surface area contributed by atoms with Crippen molar-refractivity contribution in [2.75, 3.05) is 13.1 Å². The number of oxime groups is 1. The summed E-state index contributed by atoms with van der Waals surface area (Å²) in [4.78, 5) is 13.5. The Bertz CT molecular complexity index is 417. The highest BCUT2D eigenvalue weighted by Gasteiger charge is 2.19. The molecule has 0 aliphatic carbocycles. The number of rotatable bonds is 5. The number of amides is 1. The molecule has 1 amide bonds. The number of hydrogen-bond donors (Lipinski definition) is 2. The van der Waals surface area contributed by atoms with Crippen LogP contribution in [-0.2, 0) is 0 Å². The molecule has 0 spiro atoms. The zero-order chi connectivity index (χ0) is 12.8.